The molecule has 1 amide bonds. The van der Waals surface area contributed by atoms with Crippen LogP contribution in [-0.4, -0.2) is 69.1 Å². The van der Waals surface area contributed by atoms with Crippen LogP contribution in [-0.2, 0) is 16.1 Å². The van der Waals surface area contributed by atoms with Gasteiger partial charge in [-0.1, -0.05) is 29.3 Å². The summed E-state index contributed by atoms with van der Waals surface area (Å²) in [6, 6.07) is 5.55. The van der Waals surface area contributed by atoms with Crippen LogP contribution >= 0.6 is 47.2 Å². The zero-order valence-corrected chi connectivity index (χ0v) is 19.7. The second-order valence-electron chi connectivity index (χ2n) is 6.64. The van der Waals surface area contributed by atoms with E-state index in [2.05, 4.69) is 10.3 Å². The number of carbonyl (C=O) groups excluding carboxylic acids is 1. The van der Waals surface area contributed by atoms with Gasteiger partial charge >= 0.3 is 0 Å². The Morgan fingerprint density at radius 1 is 1.30 bits per heavy atom. The molecule has 1 aromatic rings. The Hall–Kier alpha value is -0.770. The number of amides is 1. The fourth-order valence-electron chi connectivity index (χ4n) is 2.56. The number of ether oxygens (including phenoxy) is 1. The number of benzene rings is 1. The van der Waals surface area contributed by atoms with Gasteiger partial charge in [-0.2, -0.15) is 0 Å². The topological polar surface area (TPSA) is 57.2 Å². The Morgan fingerprint density at radius 2 is 2.04 bits per heavy atom. The smallest absolute Gasteiger partial charge is 0.243 e. The normalized spacial score (nSPS) is 16.6. The fourth-order valence-corrected chi connectivity index (χ4v) is 2.88. The maximum absolute atomic E-state index is 11.9. The third-order valence-electron chi connectivity index (χ3n) is 4.20. The quantitative estimate of drug-likeness (QED) is 0.350. The summed E-state index contributed by atoms with van der Waals surface area (Å²) in [6.07, 6.45) is 1.04. The maximum Gasteiger partial charge on any atom is 0.243 e. The van der Waals surface area contributed by atoms with Gasteiger partial charge in [0.15, 0.2) is 5.96 Å². The number of likely N-dealkylation sites (N-methyl/N-ethyl adjacent to an activating group) is 1. The zero-order valence-electron chi connectivity index (χ0n) is 15.9. The average Bonchev–Trinajstić information content (AvgIpc) is 3.11. The number of aliphatic imine (C=N–C) groups is 1. The van der Waals surface area contributed by atoms with Crippen molar-refractivity contribution in [2.75, 3.05) is 47.4 Å². The van der Waals surface area contributed by atoms with Gasteiger partial charge in [-0.3, -0.25) is 4.79 Å². The maximum atomic E-state index is 11.9. The Kier molecular flexibility index (Phi) is 10.7. The van der Waals surface area contributed by atoms with Crippen molar-refractivity contribution in [1.29, 1.82) is 0 Å². The predicted molar refractivity (Wildman–Crippen MR) is 121 cm³/mol. The number of halogens is 3. The van der Waals surface area contributed by atoms with E-state index in [1.54, 1.807) is 20.2 Å². The van der Waals surface area contributed by atoms with Crippen LogP contribution in [0.2, 0.25) is 10.0 Å². The molecular formula is C18H27Cl2IN4O2. The van der Waals surface area contributed by atoms with E-state index in [-0.39, 0.29) is 36.4 Å². The molecule has 0 saturated carbocycles. The van der Waals surface area contributed by atoms with Crippen LogP contribution in [0.4, 0.5) is 0 Å². The van der Waals surface area contributed by atoms with Crippen molar-refractivity contribution in [1.82, 2.24) is 15.1 Å². The van der Waals surface area contributed by atoms with Crippen molar-refractivity contribution >= 4 is 59.0 Å². The van der Waals surface area contributed by atoms with Gasteiger partial charge in [-0.25, -0.2) is 4.99 Å². The molecule has 1 unspecified atom stereocenters. The standard InChI is InChI=1S/C18H26Cl2N4O2.HI/c1-23(2)17(25)10-22-18(21-9-14-6-7-26-12-14)24(3)11-13-4-5-15(19)16(20)8-13;/h4-5,8,14H,6-7,9-12H2,1-3H3,(H,21,22);1H. The summed E-state index contributed by atoms with van der Waals surface area (Å²) >= 11 is 12.1. The first kappa shape index (κ1) is 24.3. The first-order valence-electron chi connectivity index (χ1n) is 8.58. The number of hydrogen-bond acceptors (Lipinski definition) is 3. The summed E-state index contributed by atoms with van der Waals surface area (Å²) in [5.41, 5.74) is 1.01. The van der Waals surface area contributed by atoms with Crippen LogP contribution in [0.3, 0.4) is 0 Å². The van der Waals surface area contributed by atoms with Gasteiger partial charge in [0, 0.05) is 46.8 Å². The SMILES string of the molecule is CN(C)C(=O)CN=C(NCC1CCOC1)N(C)Cc1ccc(Cl)c(Cl)c1.I. The van der Waals surface area contributed by atoms with Gasteiger partial charge in [-0.05, 0) is 24.1 Å². The fraction of sp³-hybridized carbons (Fsp3) is 0.556. The minimum absolute atomic E-state index is 0. The summed E-state index contributed by atoms with van der Waals surface area (Å²) in [6.45, 7) is 3.02. The van der Waals surface area contributed by atoms with Gasteiger partial charge in [-0.15, -0.1) is 24.0 Å². The van der Waals surface area contributed by atoms with Gasteiger partial charge in [0.05, 0.1) is 16.7 Å². The molecule has 27 heavy (non-hydrogen) atoms. The van der Waals surface area contributed by atoms with Crippen molar-refractivity contribution in [3.63, 3.8) is 0 Å². The lowest BCUT2D eigenvalue weighted by atomic mass is 10.1. The molecule has 9 heteroatoms. The minimum Gasteiger partial charge on any atom is -0.381 e. The number of rotatable bonds is 6. The lowest BCUT2D eigenvalue weighted by molar-refractivity contribution is -0.127. The van der Waals surface area contributed by atoms with Crippen LogP contribution in [0.1, 0.15) is 12.0 Å². The molecule has 0 spiro atoms. The van der Waals surface area contributed by atoms with Crippen LogP contribution < -0.4 is 5.32 Å². The molecule has 2 rings (SSSR count). The van der Waals surface area contributed by atoms with E-state index >= 15 is 0 Å². The van der Waals surface area contributed by atoms with Gasteiger partial charge in [0.2, 0.25) is 5.91 Å². The molecule has 6 nitrogen and oxygen atoms in total. The van der Waals surface area contributed by atoms with Crippen LogP contribution in [0, 0.1) is 5.92 Å². The highest BCUT2D eigenvalue weighted by molar-refractivity contribution is 14.0. The molecule has 1 saturated heterocycles. The van der Waals surface area contributed by atoms with Gasteiger partial charge in [0.1, 0.15) is 6.54 Å². The molecule has 0 aromatic heterocycles. The Balaban J connectivity index is 0.00000364. The zero-order chi connectivity index (χ0) is 19.1. The highest BCUT2D eigenvalue weighted by atomic mass is 127. The molecule has 1 atom stereocenters. The Labute approximate surface area is 188 Å². The highest BCUT2D eigenvalue weighted by Gasteiger charge is 2.17. The first-order valence-corrected chi connectivity index (χ1v) is 9.33. The largest absolute Gasteiger partial charge is 0.381 e. The molecule has 0 aliphatic carbocycles. The lowest BCUT2D eigenvalue weighted by Gasteiger charge is -2.24. The van der Waals surface area contributed by atoms with E-state index in [1.165, 1.54) is 4.90 Å². The summed E-state index contributed by atoms with van der Waals surface area (Å²) in [5.74, 6) is 1.10. The molecule has 1 N–H and O–H groups in total. The molecule has 1 aliphatic heterocycles. The number of guanidine groups is 1. The second kappa shape index (κ2) is 11.9. The molecular weight excluding hydrogens is 502 g/mol. The number of nitrogens with one attached hydrogen (secondary N) is 1. The van der Waals surface area contributed by atoms with Crippen LogP contribution in [0.15, 0.2) is 23.2 Å². The second-order valence-corrected chi connectivity index (χ2v) is 7.46. The third kappa shape index (κ3) is 8.01. The molecule has 1 heterocycles. The number of hydrogen-bond donors (Lipinski definition) is 1. The van der Waals surface area contributed by atoms with Crippen LogP contribution in [0.5, 0.6) is 0 Å². The van der Waals surface area contributed by atoms with E-state index in [0.29, 0.717) is 28.5 Å². The monoisotopic (exact) mass is 528 g/mol. The van der Waals surface area contributed by atoms with E-state index in [0.717, 1.165) is 31.7 Å². The molecule has 0 bridgehead atoms. The van der Waals surface area contributed by atoms with E-state index < -0.39 is 0 Å². The summed E-state index contributed by atoms with van der Waals surface area (Å²) < 4.78 is 5.42. The van der Waals surface area contributed by atoms with Crippen molar-refractivity contribution in [2.24, 2.45) is 10.9 Å². The molecule has 152 valence electrons. The Morgan fingerprint density at radius 3 is 2.63 bits per heavy atom. The summed E-state index contributed by atoms with van der Waals surface area (Å²) in [5, 5.41) is 4.42. The van der Waals surface area contributed by atoms with E-state index in [9.17, 15) is 4.79 Å². The third-order valence-corrected chi connectivity index (χ3v) is 4.94. The van der Waals surface area contributed by atoms with Gasteiger partial charge < -0.3 is 19.9 Å². The van der Waals surface area contributed by atoms with Crippen molar-refractivity contribution in [3.05, 3.63) is 33.8 Å². The predicted octanol–water partition coefficient (Wildman–Crippen LogP) is 3.11. The van der Waals surface area contributed by atoms with Crippen molar-refractivity contribution < 1.29 is 9.53 Å². The number of nitrogens with zero attached hydrogens (tertiary/aromatic N) is 3. The average molecular weight is 529 g/mol. The number of carbonyl (C=O) groups is 1. The lowest BCUT2D eigenvalue weighted by Crippen LogP contribution is -2.41. The van der Waals surface area contributed by atoms with Gasteiger partial charge in [0.25, 0.3) is 0 Å². The van der Waals surface area contributed by atoms with Crippen molar-refractivity contribution in [3.8, 4) is 0 Å². The summed E-state index contributed by atoms with van der Waals surface area (Å²) in [4.78, 5) is 19.9. The molecule has 1 aliphatic rings. The van der Waals surface area contributed by atoms with E-state index in [4.69, 9.17) is 27.9 Å². The van der Waals surface area contributed by atoms with E-state index in [1.807, 2.05) is 24.1 Å². The molecule has 0 radical (unpaired) electrons. The molecule has 1 aromatic carbocycles. The van der Waals surface area contributed by atoms with Crippen LogP contribution in [0.25, 0.3) is 0 Å². The first-order chi connectivity index (χ1) is 12.4. The molecule has 1 fully saturated rings. The Bertz CT molecular complexity index is 652. The highest BCUT2D eigenvalue weighted by Crippen LogP contribution is 2.23. The van der Waals surface area contributed by atoms with Crippen molar-refractivity contribution in [2.45, 2.75) is 13.0 Å². The minimum atomic E-state index is -0.0450. The summed E-state index contributed by atoms with van der Waals surface area (Å²) in [7, 11) is 5.38.